The van der Waals surface area contributed by atoms with E-state index in [0.717, 1.165) is 5.69 Å². The van der Waals surface area contributed by atoms with E-state index in [0.29, 0.717) is 55.1 Å². The van der Waals surface area contributed by atoms with Gasteiger partial charge in [0.05, 0.1) is 33.6 Å². The van der Waals surface area contributed by atoms with E-state index in [-0.39, 0.29) is 12.5 Å². The van der Waals surface area contributed by atoms with Crippen molar-refractivity contribution in [2.24, 2.45) is 0 Å². The third-order valence-corrected chi connectivity index (χ3v) is 5.42. The summed E-state index contributed by atoms with van der Waals surface area (Å²) in [5.74, 6) is 2.02. The number of carbonyl (C=O) groups excluding carboxylic acids is 1. The van der Waals surface area contributed by atoms with Gasteiger partial charge in [0.15, 0.2) is 11.5 Å². The van der Waals surface area contributed by atoms with Crippen LogP contribution in [-0.4, -0.2) is 85.1 Å². The Morgan fingerprint density at radius 3 is 2.24 bits per heavy atom. The van der Waals surface area contributed by atoms with Gasteiger partial charge >= 0.3 is 0 Å². The van der Waals surface area contributed by atoms with Crippen LogP contribution in [0.5, 0.6) is 17.2 Å². The molecule has 1 N–H and O–H groups in total. The first kappa shape index (κ1) is 22.3. The van der Waals surface area contributed by atoms with Crippen molar-refractivity contribution < 1.29 is 19.0 Å². The van der Waals surface area contributed by atoms with E-state index in [1.807, 2.05) is 30.3 Å². The van der Waals surface area contributed by atoms with Gasteiger partial charge in [0, 0.05) is 44.0 Å². The predicted molar refractivity (Wildman–Crippen MR) is 123 cm³/mol. The molecule has 0 aliphatic carbocycles. The van der Waals surface area contributed by atoms with Gasteiger partial charge in [0.1, 0.15) is 0 Å². The summed E-state index contributed by atoms with van der Waals surface area (Å²) in [4.78, 5) is 16.9. The second kappa shape index (κ2) is 10.2. The number of carbonyl (C=O) groups is 1. The number of benzene rings is 2. The van der Waals surface area contributed by atoms with Crippen LogP contribution < -0.4 is 24.4 Å². The highest BCUT2D eigenvalue weighted by Crippen LogP contribution is 2.39. The zero-order valence-corrected chi connectivity index (χ0v) is 18.9. The molecular weight excluding hydrogens is 426 g/mol. The van der Waals surface area contributed by atoms with Crippen molar-refractivity contribution in [3.05, 3.63) is 42.5 Å². The molecule has 11 nitrogen and oxygen atoms in total. The van der Waals surface area contributed by atoms with E-state index in [9.17, 15) is 4.79 Å². The molecule has 174 valence electrons. The highest BCUT2D eigenvalue weighted by molar-refractivity contribution is 5.93. The van der Waals surface area contributed by atoms with Gasteiger partial charge in [-0.2, -0.15) is 4.68 Å². The third kappa shape index (κ3) is 4.98. The van der Waals surface area contributed by atoms with E-state index in [1.165, 1.54) is 21.3 Å². The molecule has 0 unspecified atom stereocenters. The maximum atomic E-state index is 12.7. The zero-order chi connectivity index (χ0) is 23.2. The van der Waals surface area contributed by atoms with Crippen LogP contribution in [0.3, 0.4) is 0 Å². The van der Waals surface area contributed by atoms with Gasteiger partial charge in [-0.15, -0.1) is 0 Å². The van der Waals surface area contributed by atoms with Crippen molar-refractivity contribution in [1.82, 2.24) is 25.1 Å². The molecule has 2 aromatic carbocycles. The lowest BCUT2D eigenvalue weighted by Crippen LogP contribution is -2.49. The number of anilines is 2. The topological polar surface area (TPSA) is 107 Å². The Hall–Kier alpha value is -3.86. The molecule has 3 aromatic rings. The van der Waals surface area contributed by atoms with Crippen LogP contribution in [0, 0.1) is 0 Å². The average molecular weight is 454 g/mol. The van der Waals surface area contributed by atoms with Crippen molar-refractivity contribution >= 4 is 17.5 Å². The van der Waals surface area contributed by atoms with Crippen LogP contribution in [0.4, 0.5) is 11.6 Å². The Bertz CT molecular complexity index is 1060. The van der Waals surface area contributed by atoms with Gasteiger partial charge in [-0.1, -0.05) is 23.3 Å². The molecule has 2 heterocycles. The van der Waals surface area contributed by atoms with Crippen molar-refractivity contribution in [2.45, 2.75) is 0 Å². The fourth-order valence-electron chi connectivity index (χ4n) is 3.78. The Labute approximate surface area is 191 Å². The Morgan fingerprint density at radius 1 is 0.970 bits per heavy atom. The minimum atomic E-state index is -0.119. The molecule has 0 atom stereocenters. The van der Waals surface area contributed by atoms with E-state index in [1.54, 1.807) is 16.8 Å². The van der Waals surface area contributed by atoms with Gasteiger partial charge in [-0.3, -0.25) is 9.69 Å². The number of rotatable bonds is 8. The lowest BCUT2D eigenvalue weighted by molar-refractivity contribution is -0.117. The average Bonchev–Trinajstić information content (AvgIpc) is 3.34. The highest BCUT2D eigenvalue weighted by Gasteiger charge is 2.24. The number of para-hydroxylation sites is 1. The number of hydrogen-bond donors (Lipinski definition) is 1. The molecule has 1 aliphatic heterocycles. The SMILES string of the molecule is COc1cc(NC(=O)CN2CCN(c3nnnn3-c3ccccc3)CC2)cc(OC)c1OC. The molecule has 1 aliphatic rings. The third-order valence-electron chi connectivity index (χ3n) is 5.42. The highest BCUT2D eigenvalue weighted by atomic mass is 16.5. The first-order valence-corrected chi connectivity index (χ1v) is 10.5. The summed E-state index contributed by atoms with van der Waals surface area (Å²) >= 11 is 0. The number of ether oxygens (including phenoxy) is 3. The number of nitrogens with zero attached hydrogens (tertiary/aromatic N) is 6. The van der Waals surface area contributed by atoms with Crippen LogP contribution in [0.15, 0.2) is 42.5 Å². The Kier molecular flexibility index (Phi) is 6.89. The van der Waals surface area contributed by atoms with Crippen molar-refractivity contribution in [1.29, 1.82) is 0 Å². The van der Waals surface area contributed by atoms with Crippen LogP contribution in [0.1, 0.15) is 0 Å². The van der Waals surface area contributed by atoms with Crippen molar-refractivity contribution in [3.63, 3.8) is 0 Å². The normalized spacial score (nSPS) is 14.1. The zero-order valence-electron chi connectivity index (χ0n) is 18.9. The quantitative estimate of drug-likeness (QED) is 0.542. The number of aromatic nitrogens is 4. The van der Waals surface area contributed by atoms with Crippen LogP contribution in [0.2, 0.25) is 0 Å². The largest absolute Gasteiger partial charge is 0.493 e. The summed E-state index contributed by atoms with van der Waals surface area (Å²) in [6.45, 7) is 3.12. The molecule has 1 aromatic heterocycles. The summed E-state index contributed by atoms with van der Waals surface area (Å²) in [6.07, 6.45) is 0. The van der Waals surface area contributed by atoms with Gasteiger partial charge < -0.3 is 24.4 Å². The molecule has 1 amide bonds. The van der Waals surface area contributed by atoms with Crippen LogP contribution in [-0.2, 0) is 4.79 Å². The molecule has 0 bridgehead atoms. The summed E-state index contributed by atoms with van der Waals surface area (Å²) < 4.78 is 17.8. The first-order chi connectivity index (χ1) is 16.1. The number of amides is 1. The Balaban J connectivity index is 1.35. The van der Waals surface area contributed by atoms with Gasteiger partial charge in [0.25, 0.3) is 0 Å². The van der Waals surface area contributed by atoms with Crippen LogP contribution in [0.25, 0.3) is 5.69 Å². The molecule has 0 saturated carbocycles. The van der Waals surface area contributed by atoms with Crippen LogP contribution >= 0.6 is 0 Å². The lowest BCUT2D eigenvalue weighted by Gasteiger charge is -2.34. The standard InChI is InChI=1S/C22H27N7O4/c1-31-18-13-16(14-19(32-2)21(18)33-3)23-20(30)15-27-9-11-28(12-10-27)22-24-25-26-29(22)17-7-5-4-6-8-17/h4-8,13-14H,9-12,15H2,1-3H3,(H,23,30). The van der Waals surface area contributed by atoms with E-state index < -0.39 is 0 Å². The summed E-state index contributed by atoms with van der Waals surface area (Å²) in [6, 6.07) is 13.2. The smallest absolute Gasteiger partial charge is 0.250 e. The molecule has 33 heavy (non-hydrogen) atoms. The predicted octanol–water partition coefficient (Wildman–Crippen LogP) is 1.45. The maximum absolute atomic E-state index is 12.7. The van der Waals surface area contributed by atoms with E-state index in [4.69, 9.17) is 14.2 Å². The summed E-state index contributed by atoms with van der Waals surface area (Å²) in [5, 5.41) is 15.1. The van der Waals surface area contributed by atoms with Crippen molar-refractivity contribution in [3.8, 4) is 22.9 Å². The van der Waals surface area contributed by atoms with Gasteiger partial charge in [-0.05, 0) is 22.6 Å². The molecule has 0 radical (unpaired) electrons. The fourth-order valence-corrected chi connectivity index (χ4v) is 3.78. The molecule has 4 rings (SSSR count). The first-order valence-electron chi connectivity index (χ1n) is 10.5. The molecule has 1 saturated heterocycles. The van der Waals surface area contributed by atoms with Gasteiger partial charge in [-0.25, -0.2) is 0 Å². The summed E-state index contributed by atoms with van der Waals surface area (Å²) in [5.41, 5.74) is 1.49. The molecule has 1 fully saturated rings. The number of tetrazole rings is 1. The monoisotopic (exact) mass is 453 g/mol. The minimum absolute atomic E-state index is 0.119. The van der Waals surface area contributed by atoms with Crippen molar-refractivity contribution in [2.75, 3.05) is 64.3 Å². The maximum Gasteiger partial charge on any atom is 0.250 e. The Morgan fingerprint density at radius 2 is 1.64 bits per heavy atom. The number of hydrogen-bond acceptors (Lipinski definition) is 9. The summed E-state index contributed by atoms with van der Waals surface area (Å²) in [7, 11) is 4.61. The second-order valence-corrected chi connectivity index (χ2v) is 7.45. The van der Waals surface area contributed by atoms with Gasteiger partial charge in [0.2, 0.25) is 17.6 Å². The number of nitrogens with one attached hydrogen (secondary N) is 1. The lowest BCUT2D eigenvalue weighted by atomic mass is 10.2. The number of piperazine rings is 1. The van der Waals surface area contributed by atoms with E-state index in [2.05, 4.69) is 30.6 Å². The fraction of sp³-hybridized carbons (Fsp3) is 0.364. The van der Waals surface area contributed by atoms with E-state index >= 15 is 0 Å². The second-order valence-electron chi connectivity index (χ2n) is 7.45. The number of methoxy groups -OCH3 is 3. The molecular formula is C22H27N7O4. The molecule has 0 spiro atoms. The minimum Gasteiger partial charge on any atom is -0.493 e. The molecule has 11 heteroatoms.